The van der Waals surface area contributed by atoms with E-state index in [0.717, 1.165) is 32.7 Å². The van der Waals surface area contributed by atoms with Crippen LogP contribution in [0.5, 0.6) is 0 Å². The van der Waals surface area contributed by atoms with Gasteiger partial charge in [0.1, 0.15) is 0 Å². The minimum Gasteiger partial charge on any atom is -0.369 e. The highest BCUT2D eigenvalue weighted by atomic mass is 16.2. The monoisotopic (exact) mass is 492 g/mol. The van der Waals surface area contributed by atoms with E-state index < -0.39 is 11.4 Å². The minimum atomic E-state index is -0.481. The largest absolute Gasteiger partial charge is 0.369 e. The zero-order valence-electron chi connectivity index (χ0n) is 20.5. The zero-order chi connectivity index (χ0) is 25.8. The number of aromatic nitrogens is 5. The van der Waals surface area contributed by atoms with Gasteiger partial charge in [-0.25, -0.2) is 28.9 Å². The van der Waals surface area contributed by atoms with Crippen LogP contribution in [0.3, 0.4) is 0 Å². The van der Waals surface area contributed by atoms with Crippen LogP contribution in [-0.2, 0) is 19.5 Å². The van der Waals surface area contributed by atoms with Crippen LogP contribution in [0.1, 0.15) is 29.4 Å². The van der Waals surface area contributed by atoms with E-state index in [1.54, 1.807) is 24.3 Å². The second-order valence-electron chi connectivity index (χ2n) is 8.98. The number of rotatable bonds is 8. The standard InChI is InChI=1S/C29H28N6O2/c1-21(19-34-29(37)35(28(36)32-34)24-15-9-4-10-16-24)17-25-26(18-22-11-5-2-6-12-22)33(27(30)31-25)20-23-13-7-3-8-14-23/h2-17H,18-20H2,1H3,(H2,30,31)(H,32,36)/b21-17-. The van der Waals surface area contributed by atoms with E-state index in [2.05, 4.69) is 34.3 Å². The number of allylic oxidation sites excluding steroid dienone is 1. The number of nitrogens with zero attached hydrogens (tertiary/aromatic N) is 4. The smallest absolute Gasteiger partial charge is 0.351 e. The van der Waals surface area contributed by atoms with Crippen LogP contribution in [-0.4, -0.2) is 23.9 Å². The molecule has 0 atom stereocenters. The van der Waals surface area contributed by atoms with Crippen LogP contribution in [0, 0.1) is 0 Å². The summed E-state index contributed by atoms with van der Waals surface area (Å²) >= 11 is 0. The molecule has 3 N–H and O–H groups in total. The number of imidazole rings is 1. The van der Waals surface area contributed by atoms with Gasteiger partial charge in [-0.2, -0.15) is 0 Å². The normalized spacial score (nSPS) is 11.6. The van der Waals surface area contributed by atoms with Gasteiger partial charge >= 0.3 is 11.4 Å². The summed E-state index contributed by atoms with van der Waals surface area (Å²) in [4.78, 5) is 30.2. The highest BCUT2D eigenvalue weighted by Crippen LogP contribution is 2.22. The van der Waals surface area contributed by atoms with E-state index in [0.29, 0.717) is 24.6 Å². The van der Waals surface area contributed by atoms with Crippen molar-refractivity contribution < 1.29 is 0 Å². The number of para-hydroxylation sites is 1. The first-order valence-corrected chi connectivity index (χ1v) is 12.1. The van der Waals surface area contributed by atoms with Crippen molar-refractivity contribution in [3.63, 3.8) is 0 Å². The molecule has 37 heavy (non-hydrogen) atoms. The molecule has 2 heterocycles. The Balaban J connectivity index is 1.49. The zero-order valence-corrected chi connectivity index (χ0v) is 20.5. The number of hydrogen-bond donors (Lipinski definition) is 2. The molecular formula is C29H28N6O2. The van der Waals surface area contributed by atoms with Gasteiger partial charge in [-0.3, -0.25) is 0 Å². The lowest BCUT2D eigenvalue weighted by Crippen LogP contribution is -2.27. The third kappa shape index (κ3) is 5.23. The lowest BCUT2D eigenvalue weighted by atomic mass is 10.1. The molecule has 0 saturated heterocycles. The number of hydrogen-bond acceptors (Lipinski definition) is 4. The molecular weight excluding hydrogens is 464 g/mol. The Morgan fingerprint density at radius 3 is 2.14 bits per heavy atom. The van der Waals surface area contributed by atoms with Gasteiger partial charge in [-0.05, 0) is 41.8 Å². The second-order valence-corrected chi connectivity index (χ2v) is 8.98. The Hall–Kier alpha value is -4.85. The Kier molecular flexibility index (Phi) is 6.72. The first kappa shape index (κ1) is 23.9. The SMILES string of the molecule is C/C(=C/c1nc(N)n(Cc2ccccc2)c1Cc1ccccc1)Cn1[nH]c(=O)n(-c2ccccc2)c1=O. The third-order valence-electron chi connectivity index (χ3n) is 6.19. The molecule has 0 saturated carbocycles. The fraction of sp³-hybridized carbons (Fsp3) is 0.138. The van der Waals surface area contributed by atoms with Crippen molar-refractivity contribution in [3.05, 3.63) is 140 Å². The van der Waals surface area contributed by atoms with Gasteiger partial charge in [0.15, 0.2) is 0 Å². The molecule has 0 radical (unpaired) electrons. The Bertz CT molecular complexity index is 1640. The molecule has 0 spiro atoms. The Morgan fingerprint density at radius 1 is 0.892 bits per heavy atom. The van der Waals surface area contributed by atoms with E-state index in [9.17, 15) is 9.59 Å². The van der Waals surface area contributed by atoms with E-state index in [-0.39, 0.29) is 6.54 Å². The van der Waals surface area contributed by atoms with Crippen LogP contribution in [0.4, 0.5) is 5.95 Å². The molecule has 0 amide bonds. The maximum absolute atomic E-state index is 13.0. The molecule has 0 unspecified atom stereocenters. The summed E-state index contributed by atoms with van der Waals surface area (Å²) in [5.74, 6) is 0.426. The molecule has 8 heteroatoms. The van der Waals surface area contributed by atoms with E-state index in [1.807, 2.05) is 60.0 Å². The third-order valence-corrected chi connectivity index (χ3v) is 6.19. The first-order chi connectivity index (χ1) is 18.0. The summed E-state index contributed by atoms with van der Waals surface area (Å²) in [6.45, 7) is 2.72. The minimum absolute atomic E-state index is 0.212. The van der Waals surface area contributed by atoms with Crippen LogP contribution in [0.2, 0.25) is 0 Å². The van der Waals surface area contributed by atoms with Gasteiger partial charge in [-0.15, -0.1) is 0 Å². The van der Waals surface area contributed by atoms with Gasteiger partial charge in [-0.1, -0.05) is 78.9 Å². The van der Waals surface area contributed by atoms with Crippen molar-refractivity contribution >= 4 is 12.0 Å². The molecule has 8 nitrogen and oxygen atoms in total. The molecule has 3 aromatic carbocycles. The number of nitrogens with two attached hydrogens (primary N) is 1. The molecule has 0 aliphatic heterocycles. The van der Waals surface area contributed by atoms with Gasteiger partial charge in [0.05, 0.1) is 30.2 Å². The van der Waals surface area contributed by atoms with Crippen LogP contribution in [0.25, 0.3) is 11.8 Å². The van der Waals surface area contributed by atoms with Gasteiger partial charge in [0.2, 0.25) is 5.95 Å². The number of aromatic amines is 1. The van der Waals surface area contributed by atoms with Crippen LogP contribution in [0.15, 0.2) is 106 Å². The number of anilines is 1. The van der Waals surface area contributed by atoms with Crippen molar-refractivity contribution in [2.75, 3.05) is 5.73 Å². The average molecular weight is 493 g/mol. The van der Waals surface area contributed by atoms with Crippen molar-refractivity contribution in [1.29, 1.82) is 0 Å². The van der Waals surface area contributed by atoms with Crippen LogP contribution >= 0.6 is 0 Å². The maximum atomic E-state index is 13.0. The Labute approximate surface area is 213 Å². The highest BCUT2D eigenvalue weighted by Gasteiger charge is 2.16. The fourth-order valence-corrected chi connectivity index (χ4v) is 4.42. The summed E-state index contributed by atoms with van der Waals surface area (Å²) in [6, 6.07) is 29.1. The van der Waals surface area contributed by atoms with Crippen molar-refractivity contribution in [2.45, 2.75) is 26.4 Å². The number of benzene rings is 3. The molecule has 186 valence electrons. The van der Waals surface area contributed by atoms with Crippen molar-refractivity contribution in [1.82, 2.24) is 23.9 Å². The van der Waals surface area contributed by atoms with E-state index >= 15 is 0 Å². The van der Waals surface area contributed by atoms with Crippen molar-refractivity contribution in [2.24, 2.45) is 0 Å². The molecule has 5 aromatic rings. The number of nitrogen functional groups attached to an aromatic ring is 1. The second kappa shape index (κ2) is 10.4. The van der Waals surface area contributed by atoms with Crippen LogP contribution < -0.4 is 17.1 Å². The lowest BCUT2D eigenvalue weighted by Gasteiger charge is -2.11. The molecule has 0 bridgehead atoms. The summed E-state index contributed by atoms with van der Waals surface area (Å²) in [5, 5.41) is 2.65. The molecule has 5 rings (SSSR count). The quantitative estimate of drug-likeness (QED) is 0.343. The van der Waals surface area contributed by atoms with Crippen molar-refractivity contribution in [3.8, 4) is 5.69 Å². The lowest BCUT2D eigenvalue weighted by molar-refractivity contribution is 0.644. The first-order valence-electron chi connectivity index (χ1n) is 12.1. The van der Waals surface area contributed by atoms with E-state index in [1.165, 1.54) is 4.68 Å². The predicted octanol–water partition coefficient (Wildman–Crippen LogP) is 3.85. The number of H-pyrrole nitrogens is 1. The predicted molar refractivity (Wildman–Crippen MR) is 146 cm³/mol. The molecule has 0 aliphatic carbocycles. The summed E-state index contributed by atoms with van der Waals surface area (Å²) in [7, 11) is 0. The summed E-state index contributed by atoms with van der Waals surface area (Å²) < 4.78 is 4.46. The van der Waals surface area contributed by atoms with E-state index in [4.69, 9.17) is 5.73 Å². The topological polar surface area (TPSA) is 104 Å². The fourth-order valence-electron chi connectivity index (χ4n) is 4.42. The van der Waals surface area contributed by atoms with Gasteiger partial charge in [0, 0.05) is 6.42 Å². The maximum Gasteiger partial charge on any atom is 0.351 e. The highest BCUT2D eigenvalue weighted by molar-refractivity contribution is 5.55. The van der Waals surface area contributed by atoms with Gasteiger partial charge in [0.25, 0.3) is 0 Å². The summed E-state index contributed by atoms with van der Waals surface area (Å²) in [6.07, 6.45) is 2.58. The number of nitrogens with one attached hydrogen (secondary N) is 1. The van der Waals surface area contributed by atoms with Gasteiger partial charge < -0.3 is 10.3 Å². The Morgan fingerprint density at radius 2 is 1.49 bits per heavy atom. The molecule has 2 aromatic heterocycles. The molecule has 0 aliphatic rings. The molecule has 0 fully saturated rings. The average Bonchev–Trinajstić information content (AvgIpc) is 3.34. The summed E-state index contributed by atoms with van der Waals surface area (Å²) in [5.41, 5.74) is 10.9.